The summed E-state index contributed by atoms with van der Waals surface area (Å²) in [5, 5.41) is 33.1. The number of benzene rings is 26. The lowest BCUT2D eigenvalue weighted by molar-refractivity contribution is 0.487. The molecule has 0 aliphatic carbocycles. The van der Waals surface area contributed by atoms with Gasteiger partial charge in [-0.2, -0.15) is 0 Å². The first-order chi connectivity index (χ1) is 65.5. The van der Waals surface area contributed by atoms with Crippen LogP contribution < -0.4 is 9.47 Å². The van der Waals surface area contributed by atoms with Crippen LogP contribution >= 0.6 is 0 Å². The normalized spacial score (nSPS) is 11.9. The Labute approximate surface area is 763 Å². The fourth-order valence-electron chi connectivity index (χ4n) is 21.7. The van der Waals surface area contributed by atoms with Crippen LogP contribution in [0.1, 0.15) is 0 Å². The molecule has 132 heavy (non-hydrogen) atoms. The number of fused-ring (bicyclic) bond motifs is 21. The molecule has 0 amide bonds. The molecule has 612 valence electrons. The second-order valence-electron chi connectivity index (χ2n) is 35.0. The van der Waals surface area contributed by atoms with Crippen LogP contribution in [-0.2, 0) is 0 Å². The van der Waals surface area contributed by atoms with Crippen LogP contribution in [0.2, 0.25) is 0 Å². The van der Waals surface area contributed by atoms with Gasteiger partial charge in [0, 0.05) is 21.9 Å². The lowest BCUT2D eigenvalue weighted by atomic mass is 9.86. The molecule has 0 atom stereocenters. The monoisotopic (exact) mass is 1670 g/mol. The lowest BCUT2D eigenvalue weighted by Gasteiger charge is -2.23. The standard InChI is InChI=1S/C48H30.C44H26O2.C38H24/c1-5-16-39-32(10-1)24-26-43-45(39)29-36-12-3-7-18-41(36)47(43)34-22-20-31(21-23-34)35-14-9-15-38(28-35)48-42-19-8-4-13-37(42)30-46-40-17-6-2-11-33(40)25-27-44(46)48;1-2-10-27(11-3-1)28-24-29(31-20-22-41-43-35(31)14-8-16-37(43)33-12-4-6-18-39(33)45-41)26-30(25-28)32-21-23-42-44-36(32)15-9-17-38(44)34-13-5-7-19-40(34)46-42;1-2-15-28-25(11-1)12-10-22-29(28)26-13-9-14-27(23-26)36-24-37-32-18-4-3-16-30(32)31-17-5-7-20-34(31)38(37)35-21-8-6-19-33(35)36/h1-30H;1-26H;1-24H. The summed E-state index contributed by atoms with van der Waals surface area (Å²) < 4.78 is 12.9. The quantitative estimate of drug-likeness (QED) is 0.112. The van der Waals surface area contributed by atoms with Crippen molar-refractivity contribution in [3.63, 3.8) is 0 Å². The molecule has 2 heteroatoms. The van der Waals surface area contributed by atoms with Gasteiger partial charge in [-0.3, -0.25) is 0 Å². The molecule has 2 heterocycles. The predicted octanol–water partition coefficient (Wildman–Crippen LogP) is 36.9. The van der Waals surface area contributed by atoms with E-state index in [9.17, 15) is 0 Å². The zero-order valence-corrected chi connectivity index (χ0v) is 72.0. The second-order valence-corrected chi connectivity index (χ2v) is 35.0. The van der Waals surface area contributed by atoms with E-state index in [1.807, 2.05) is 24.3 Å². The molecular weight excluding hydrogens is 1590 g/mol. The van der Waals surface area contributed by atoms with E-state index >= 15 is 0 Å². The van der Waals surface area contributed by atoms with Gasteiger partial charge < -0.3 is 9.47 Å². The van der Waals surface area contributed by atoms with E-state index in [0.29, 0.717) is 0 Å². The molecule has 26 aromatic carbocycles. The smallest absolute Gasteiger partial charge is 0.135 e. The van der Waals surface area contributed by atoms with Crippen molar-refractivity contribution in [3.05, 3.63) is 485 Å². The van der Waals surface area contributed by atoms with E-state index in [-0.39, 0.29) is 0 Å². The molecule has 0 fully saturated rings. The molecule has 0 spiro atoms. The zero-order valence-electron chi connectivity index (χ0n) is 72.0. The van der Waals surface area contributed by atoms with Gasteiger partial charge in [0.2, 0.25) is 0 Å². The van der Waals surface area contributed by atoms with E-state index in [0.717, 1.165) is 44.9 Å². The van der Waals surface area contributed by atoms with Crippen molar-refractivity contribution in [2.45, 2.75) is 0 Å². The van der Waals surface area contributed by atoms with Crippen LogP contribution in [0.25, 0.3) is 251 Å². The van der Waals surface area contributed by atoms with Gasteiger partial charge >= 0.3 is 0 Å². The second kappa shape index (κ2) is 31.3. The van der Waals surface area contributed by atoms with Crippen molar-refractivity contribution in [3.8, 4) is 134 Å². The average Bonchev–Trinajstić information content (AvgIpc) is 0.723. The van der Waals surface area contributed by atoms with E-state index in [1.54, 1.807) is 0 Å². The number of rotatable bonds is 8. The highest BCUT2D eigenvalue weighted by molar-refractivity contribution is 6.33. The van der Waals surface area contributed by atoms with E-state index in [2.05, 4.69) is 461 Å². The Hall–Kier alpha value is -17.3. The first-order valence-corrected chi connectivity index (χ1v) is 45.6. The van der Waals surface area contributed by atoms with E-state index in [4.69, 9.17) is 9.47 Å². The predicted molar refractivity (Wildman–Crippen MR) is 561 cm³/mol. The maximum atomic E-state index is 6.43. The van der Waals surface area contributed by atoms with Crippen molar-refractivity contribution < 1.29 is 9.47 Å². The molecule has 0 saturated heterocycles. The molecule has 2 aliphatic heterocycles. The van der Waals surface area contributed by atoms with Gasteiger partial charge in [0.1, 0.15) is 23.0 Å². The highest BCUT2D eigenvalue weighted by Crippen LogP contribution is 2.54. The Bertz CT molecular complexity index is 9120. The van der Waals surface area contributed by atoms with Gasteiger partial charge in [-0.25, -0.2) is 0 Å². The largest absolute Gasteiger partial charge is 0.456 e. The molecule has 28 rings (SSSR count). The first kappa shape index (κ1) is 76.0. The number of ether oxygens (including phenoxy) is 2. The van der Waals surface area contributed by atoms with Crippen LogP contribution in [0.4, 0.5) is 0 Å². The van der Waals surface area contributed by atoms with Crippen LogP contribution in [0.15, 0.2) is 485 Å². The van der Waals surface area contributed by atoms with Gasteiger partial charge in [-0.15, -0.1) is 0 Å². The lowest BCUT2D eigenvalue weighted by Crippen LogP contribution is -1.98. The SMILES string of the molecule is c1cc(-c2ccc(-c3c4ccccc4cc4c3ccc3ccccc34)cc2)cc(-c2c3ccccc3cc3c2ccc2ccccc23)c1.c1cc(-c2cccc3ccccc23)cc(-c2cc3c4ccccc4c4ccccc4c3c3ccccc23)c1.c1ccc(-c2cc(-c3ccc4c5c(cccc35)-c3ccccc3O4)cc(-c3ccc4c5c(cccc35)-c3ccccc3O4)c2)cc1. The highest BCUT2D eigenvalue weighted by Gasteiger charge is 2.27. The molecule has 0 radical (unpaired) electrons. The minimum Gasteiger partial charge on any atom is -0.456 e. The fourth-order valence-corrected chi connectivity index (χ4v) is 21.7. The third kappa shape index (κ3) is 12.7. The van der Waals surface area contributed by atoms with Crippen molar-refractivity contribution in [1.29, 1.82) is 0 Å². The topological polar surface area (TPSA) is 18.5 Å². The van der Waals surface area contributed by atoms with Gasteiger partial charge in [-0.1, -0.05) is 413 Å². The minimum absolute atomic E-state index is 0.899. The van der Waals surface area contributed by atoms with Crippen molar-refractivity contribution in [1.82, 2.24) is 0 Å². The molecule has 0 aromatic heterocycles. The summed E-state index contributed by atoms with van der Waals surface area (Å²) in [6.45, 7) is 0. The summed E-state index contributed by atoms with van der Waals surface area (Å²) in [6, 6.07) is 177. The molecule has 26 aromatic rings. The number of para-hydroxylation sites is 2. The van der Waals surface area contributed by atoms with Crippen molar-refractivity contribution in [2.24, 2.45) is 0 Å². The number of hydrogen-bond acceptors (Lipinski definition) is 2. The fraction of sp³-hybridized carbons (Fsp3) is 0. The molecule has 0 bridgehead atoms. The third-order valence-corrected chi connectivity index (χ3v) is 27.7. The van der Waals surface area contributed by atoms with E-state index in [1.165, 1.54) is 229 Å². The van der Waals surface area contributed by atoms with Crippen molar-refractivity contribution in [2.75, 3.05) is 0 Å². The van der Waals surface area contributed by atoms with Crippen LogP contribution in [0.5, 0.6) is 23.0 Å². The maximum Gasteiger partial charge on any atom is 0.135 e. The van der Waals surface area contributed by atoms with Gasteiger partial charge in [0.25, 0.3) is 0 Å². The molecule has 0 N–H and O–H groups in total. The maximum absolute atomic E-state index is 6.43. The summed E-state index contributed by atoms with van der Waals surface area (Å²) in [6.07, 6.45) is 0. The summed E-state index contributed by atoms with van der Waals surface area (Å²) in [7, 11) is 0. The molecule has 0 unspecified atom stereocenters. The molecule has 0 saturated carbocycles. The summed E-state index contributed by atoms with van der Waals surface area (Å²) in [5.41, 5.74) is 24.3. The van der Waals surface area contributed by atoms with Crippen LogP contribution in [0, 0.1) is 0 Å². The van der Waals surface area contributed by atoms with Gasteiger partial charge in [0.05, 0.1) is 0 Å². The van der Waals surface area contributed by atoms with Crippen LogP contribution in [-0.4, -0.2) is 0 Å². The highest BCUT2D eigenvalue weighted by atomic mass is 16.5. The average molecular weight is 1670 g/mol. The Balaban J connectivity index is 0.000000104. The summed E-state index contributed by atoms with van der Waals surface area (Å²) in [5.74, 6) is 3.60. The molecular formula is C130H80O2. The number of hydrogen-bond donors (Lipinski definition) is 0. The molecule has 2 nitrogen and oxygen atoms in total. The summed E-state index contributed by atoms with van der Waals surface area (Å²) >= 11 is 0. The Morgan fingerprint density at radius 1 is 0.106 bits per heavy atom. The van der Waals surface area contributed by atoms with Crippen molar-refractivity contribution >= 4 is 140 Å². The zero-order chi connectivity index (χ0) is 86.9. The summed E-state index contributed by atoms with van der Waals surface area (Å²) in [4.78, 5) is 0. The van der Waals surface area contributed by atoms with Gasteiger partial charge in [-0.05, 0) is 302 Å². The Morgan fingerprint density at radius 2 is 0.447 bits per heavy atom. The molecule has 2 aliphatic rings. The Morgan fingerprint density at radius 3 is 1.02 bits per heavy atom. The van der Waals surface area contributed by atoms with Gasteiger partial charge in [0.15, 0.2) is 0 Å². The van der Waals surface area contributed by atoms with E-state index < -0.39 is 0 Å². The minimum atomic E-state index is 0.899. The van der Waals surface area contributed by atoms with Crippen LogP contribution in [0.3, 0.4) is 0 Å². The third-order valence-electron chi connectivity index (χ3n) is 27.7. The Kier molecular flexibility index (Phi) is 18.0. The first-order valence-electron chi connectivity index (χ1n) is 45.6.